The summed E-state index contributed by atoms with van der Waals surface area (Å²) in [4.78, 5) is 13.8. The Morgan fingerprint density at radius 3 is 2.72 bits per heavy atom. The standard InChI is InChI=1S/C22H28O2S/c1-21-14-8-15-22(2,20(23)24-3)19(21)12-7-9-17(21)13-16-25-18-10-5-4-6-11-18/h4-6,9-11,13,16,19H,7-8,12,14-15H2,1-3H3/b16-13+. The number of hydrogen-bond donors (Lipinski definition) is 0. The molecule has 2 nitrogen and oxygen atoms in total. The average molecular weight is 357 g/mol. The smallest absolute Gasteiger partial charge is 0.311 e. The molecule has 2 aliphatic rings. The highest BCUT2D eigenvalue weighted by molar-refractivity contribution is 8.02. The van der Waals surface area contributed by atoms with E-state index in [9.17, 15) is 4.79 Å². The number of ether oxygens (including phenoxy) is 1. The summed E-state index contributed by atoms with van der Waals surface area (Å²) in [6, 6.07) is 10.4. The van der Waals surface area contributed by atoms with Crippen LogP contribution in [0.4, 0.5) is 0 Å². The second-order valence-electron chi connectivity index (χ2n) is 7.70. The molecule has 0 aliphatic heterocycles. The van der Waals surface area contributed by atoms with Gasteiger partial charge < -0.3 is 4.74 Å². The Hall–Kier alpha value is -1.48. The summed E-state index contributed by atoms with van der Waals surface area (Å²) >= 11 is 1.75. The molecule has 0 heterocycles. The second kappa shape index (κ2) is 7.41. The minimum absolute atomic E-state index is 0.0349. The van der Waals surface area contributed by atoms with E-state index in [2.05, 4.69) is 55.7 Å². The molecule has 0 bridgehead atoms. The van der Waals surface area contributed by atoms with Gasteiger partial charge in [-0.3, -0.25) is 4.79 Å². The number of carbonyl (C=O) groups excluding carboxylic acids is 1. The number of esters is 1. The lowest BCUT2D eigenvalue weighted by atomic mass is 9.50. The van der Waals surface area contributed by atoms with Gasteiger partial charge in [0.1, 0.15) is 0 Å². The molecule has 0 saturated heterocycles. The third-order valence-corrected chi connectivity index (χ3v) is 7.07. The fraction of sp³-hybridized carbons (Fsp3) is 0.500. The van der Waals surface area contributed by atoms with Crippen molar-refractivity contribution in [2.45, 2.75) is 50.8 Å². The molecule has 1 aromatic rings. The third-order valence-electron chi connectivity index (χ3n) is 6.26. The Labute approximate surface area is 155 Å². The van der Waals surface area contributed by atoms with E-state index < -0.39 is 0 Å². The van der Waals surface area contributed by atoms with Crippen LogP contribution in [0.1, 0.15) is 46.0 Å². The van der Waals surface area contributed by atoms with Crippen LogP contribution >= 0.6 is 11.8 Å². The van der Waals surface area contributed by atoms with E-state index in [-0.39, 0.29) is 16.8 Å². The summed E-state index contributed by atoms with van der Waals surface area (Å²) in [6.07, 6.45) is 9.93. The molecule has 134 valence electrons. The lowest BCUT2D eigenvalue weighted by Gasteiger charge is -2.53. The van der Waals surface area contributed by atoms with Crippen molar-refractivity contribution in [3.8, 4) is 0 Å². The van der Waals surface area contributed by atoms with Gasteiger partial charge in [0.15, 0.2) is 0 Å². The van der Waals surface area contributed by atoms with Crippen LogP contribution in [0.5, 0.6) is 0 Å². The van der Waals surface area contributed by atoms with Crippen molar-refractivity contribution in [1.29, 1.82) is 0 Å². The number of methoxy groups -OCH3 is 1. The monoisotopic (exact) mass is 356 g/mol. The van der Waals surface area contributed by atoms with Crippen LogP contribution in [0.25, 0.3) is 0 Å². The molecule has 0 N–H and O–H groups in total. The van der Waals surface area contributed by atoms with Gasteiger partial charge in [0.2, 0.25) is 0 Å². The molecule has 0 radical (unpaired) electrons. The van der Waals surface area contributed by atoms with E-state index in [0.717, 1.165) is 32.1 Å². The first-order valence-corrected chi connectivity index (χ1v) is 10.1. The first-order valence-electron chi connectivity index (χ1n) is 9.18. The van der Waals surface area contributed by atoms with Crippen LogP contribution in [0.15, 0.2) is 58.4 Å². The maximum Gasteiger partial charge on any atom is 0.311 e. The summed E-state index contributed by atoms with van der Waals surface area (Å²) in [5, 5.41) is 2.19. The topological polar surface area (TPSA) is 26.3 Å². The first kappa shape index (κ1) is 18.3. The molecule has 0 aromatic heterocycles. The van der Waals surface area contributed by atoms with E-state index in [1.165, 1.54) is 17.6 Å². The lowest BCUT2D eigenvalue weighted by Crippen LogP contribution is -2.50. The van der Waals surface area contributed by atoms with E-state index >= 15 is 0 Å². The largest absolute Gasteiger partial charge is 0.469 e. The first-order chi connectivity index (χ1) is 12.0. The Bertz CT molecular complexity index is 679. The van der Waals surface area contributed by atoms with E-state index in [1.807, 2.05) is 6.07 Å². The zero-order valence-electron chi connectivity index (χ0n) is 15.5. The average Bonchev–Trinajstić information content (AvgIpc) is 2.62. The Morgan fingerprint density at radius 1 is 1.24 bits per heavy atom. The van der Waals surface area contributed by atoms with Crippen molar-refractivity contribution in [1.82, 2.24) is 0 Å². The van der Waals surface area contributed by atoms with Gasteiger partial charge in [0.05, 0.1) is 12.5 Å². The summed E-state index contributed by atoms with van der Waals surface area (Å²) in [5.41, 5.74) is 1.09. The molecule has 25 heavy (non-hydrogen) atoms. The zero-order chi connectivity index (χ0) is 17.9. The van der Waals surface area contributed by atoms with Crippen molar-refractivity contribution in [3.05, 3.63) is 53.5 Å². The predicted octanol–water partition coefficient (Wildman–Crippen LogP) is 6.00. The predicted molar refractivity (Wildman–Crippen MR) is 104 cm³/mol. The van der Waals surface area contributed by atoms with Gasteiger partial charge in [-0.1, -0.05) is 55.5 Å². The van der Waals surface area contributed by atoms with Crippen LogP contribution in [-0.2, 0) is 9.53 Å². The van der Waals surface area contributed by atoms with E-state index in [0.29, 0.717) is 5.92 Å². The molecule has 3 heteroatoms. The molecule has 0 spiro atoms. The van der Waals surface area contributed by atoms with Crippen LogP contribution in [0.2, 0.25) is 0 Å². The van der Waals surface area contributed by atoms with Gasteiger partial charge in [-0.2, -0.15) is 0 Å². The number of fused-ring (bicyclic) bond motifs is 1. The molecule has 0 amide bonds. The van der Waals surface area contributed by atoms with Gasteiger partial charge in [-0.25, -0.2) is 0 Å². The minimum Gasteiger partial charge on any atom is -0.469 e. The highest BCUT2D eigenvalue weighted by Gasteiger charge is 2.54. The van der Waals surface area contributed by atoms with Gasteiger partial charge >= 0.3 is 5.97 Å². The number of rotatable bonds is 4. The van der Waals surface area contributed by atoms with E-state index in [1.54, 1.807) is 11.8 Å². The van der Waals surface area contributed by atoms with Crippen molar-refractivity contribution in [3.63, 3.8) is 0 Å². The quantitative estimate of drug-likeness (QED) is 0.489. The fourth-order valence-electron chi connectivity index (χ4n) is 4.92. The molecule has 1 fully saturated rings. The summed E-state index contributed by atoms with van der Waals surface area (Å²) in [5.74, 6) is 0.319. The number of benzene rings is 1. The van der Waals surface area contributed by atoms with Crippen LogP contribution in [0, 0.1) is 16.7 Å². The molecule has 1 aromatic carbocycles. The Kier molecular flexibility index (Phi) is 5.43. The van der Waals surface area contributed by atoms with Crippen molar-refractivity contribution in [2.24, 2.45) is 16.7 Å². The van der Waals surface area contributed by atoms with Crippen molar-refractivity contribution in [2.75, 3.05) is 7.11 Å². The summed E-state index contributed by atoms with van der Waals surface area (Å²) in [6.45, 7) is 4.47. The van der Waals surface area contributed by atoms with E-state index in [4.69, 9.17) is 4.74 Å². The Balaban J connectivity index is 1.82. The maximum atomic E-state index is 12.5. The summed E-state index contributed by atoms with van der Waals surface area (Å²) in [7, 11) is 1.52. The Morgan fingerprint density at radius 2 is 2.00 bits per heavy atom. The number of allylic oxidation sites excluding steroid dienone is 3. The maximum absolute atomic E-state index is 12.5. The number of thioether (sulfide) groups is 1. The molecule has 2 aliphatic carbocycles. The highest BCUT2D eigenvalue weighted by Crippen LogP contribution is 2.59. The van der Waals surface area contributed by atoms with Crippen molar-refractivity contribution < 1.29 is 9.53 Å². The van der Waals surface area contributed by atoms with Crippen LogP contribution < -0.4 is 0 Å². The molecule has 3 rings (SSSR count). The molecular weight excluding hydrogens is 328 g/mol. The SMILES string of the molecule is COC(=O)C1(C)CCCC2(C)C(/C=C/Sc3ccccc3)=CCCC12. The van der Waals surface area contributed by atoms with Gasteiger partial charge in [0, 0.05) is 4.90 Å². The molecule has 1 saturated carbocycles. The number of carbonyl (C=O) groups is 1. The van der Waals surface area contributed by atoms with Crippen LogP contribution in [0.3, 0.4) is 0 Å². The fourth-order valence-corrected chi connectivity index (χ4v) is 5.60. The highest BCUT2D eigenvalue weighted by atomic mass is 32.2. The number of hydrogen-bond acceptors (Lipinski definition) is 3. The summed E-state index contributed by atoms with van der Waals surface area (Å²) < 4.78 is 5.18. The lowest BCUT2D eigenvalue weighted by molar-refractivity contribution is -0.162. The normalized spacial score (nSPS) is 32.1. The zero-order valence-corrected chi connectivity index (χ0v) is 16.3. The van der Waals surface area contributed by atoms with Crippen molar-refractivity contribution >= 4 is 17.7 Å². The van der Waals surface area contributed by atoms with Gasteiger partial charge in [-0.15, -0.1) is 0 Å². The van der Waals surface area contributed by atoms with Gasteiger partial charge in [0.25, 0.3) is 0 Å². The molecule has 3 atom stereocenters. The van der Waals surface area contributed by atoms with Gasteiger partial charge in [-0.05, 0) is 67.1 Å². The minimum atomic E-state index is -0.359. The van der Waals surface area contributed by atoms with Crippen LogP contribution in [-0.4, -0.2) is 13.1 Å². The third kappa shape index (κ3) is 3.44. The molecule has 3 unspecified atom stereocenters. The molecular formula is C22H28O2S. The second-order valence-corrected chi connectivity index (χ2v) is 8.68.